The topological polar surface area (TPSA) is 110 Å². The number of carbonyl (C=O) groups is 4. The smallest absolute Gasteiger partial charge is 0.322 e. The van der Waals surface area contributed by atoms with Crippen molar-refractivity contribution in [3.05, 3.63) is 29.8 Å². The lowest BCUT2D eigenvalue weighted by atomic mass is 9.94. The lowest BCUT2D eigenvalue weighted by Gasteiger charge is -2.34. The Kier molecular flexibility index (Phi) is 6.48. The zero-order valence-corrected chi connectivity index (χ0v) is 16.5. The van der Waals surface area contributed by atoms with Crippen LogP contribution < -0.4 is 10.2 Å². The van der Waals surface area contributed by atoms with Crippen LogP contribution in [0.2, 0.25) is 0 Å². The van der Waals surface area contributed by atoms with Gasteiger partial charge in [-0.2, -0.15) is 0 Å². The summed E-state index contributed by atoms with van der Waals surface area (Å²) in [5.41, 5.74) is 2.04. The zero-order chi connectivity index (χ0) is 21.0. The highest BCUT2D eigenvalue weighted by Crippen LogP contribution is 2.21. The molecule has 2 amide bonds. The van der Waals surface area contributed by atoms with Gasteiger partial charge in [-0.25, -0.2) is 0 Å². The summed E-state index contributed by atoms with van der Waals surface area (Å²) in [7, 11) is 2.11. The highest BCUT2D eigenvalue weighted by atomic mass is 16.4. The first kappa shape index (κ1) is 20.8. The van der Waals surface area contributed by atoms with Crippen molar-refractivity contribution >= 4 is 29.3 Å². The van der Waals surface area contributed by atoms with E-state index in [0.717, 1.165) is 37.4 Å². The number of anilines is 1. The summed E-state index contributed by atoms with van der Waals surface area (Å²) in [5.74, 6) is -4.59. The number of piperazine rings is 1. The van der Waals surface area contributed by atoms with Crippen LogP contribution in [-0.2, 0) is 25.7 Å². The lowest BCUT2D eigenvalue weighted by molar-refractivity contribution is -0.152. The van der Waals surface area contributed by atoms with Crippen LogP contribution in [0.1, 0.15) is 12.0 Å². The molecule has 3 rings (SSSR count). The molecule has 0 aliphatic carbocycles. The number of carboxylic acid groups (broad SMARTS) is 1. The number of Topliss-reactive ketones (excluding diaryl/α,β-unsaturated/α-hetero) is 1. The Labute approximate surface area is 169 Å². The first-order chi connectivity index (χ1) is 13.8. The minimum absolute atomic E-state index is 0.0796. The van der Waals surface area contributed by atoms with Crippen LogP contribution in [0.25, 0.3) is 0 Å². The number of likely N-dealkylation sites (N-methyl/N-ethyl adjacent to an activating group) is 1. The third-order valence-electron chi connectivity index (χ3n) is 5.36. The predicted octanol–water partition coefficient (Wildman–Crippen LogP) is -0.443. The fourth-order valence-corrected chi connectivity index (χ4v) is 3.60. The van der Waals surface area contributed by atoms with Crippen LogP contribution >= 0.6 is 0 Å². The molecule has 1 atom stereocenters. The summed E-state index contributed by atoms with van der Waals surface area (Å²) in [5, 5.41) is 10.8. The molecule has 2 aliphatic rings. The fraction of sp³-hybridized carbons (Fsp3) is 0.500. The average molecular weight is 402 g/mol. The summed E-state index contributed by atoms with van der Waals surface area (Å²) in [4.78, 5) is 53.5. The molecule has 0 radical (unpaired) electrons. The minimum Gasteiger partial charge on any atom is -0.480 e. The van der Waals surface area contributed by atoms with Gasteiger partial charge < -0.3 is 25.1 Å². The molecule has 156 valence electrons. The number of hydrogen-bond donors (Lipinski definition) is 2. The van der Waals surface area contributed by atoms with E-state index in [1.807, 2.05) is 24.3 Å². The lowest BCUT2D eigenvalue weighted by Crippen LogP contribution is -2.52. The Morgan fingerprint density at radius 2 is 1.72 bits per heavy atom. The fourth-order valence-electron chi connectivity index (χ4n) is 3.60. The number of ketones is 1. The summed E-state index contributed by atoms with van der Waals surface area (Å²) in [6, 6.07) is 7.96. The van der Waals surface area contributed by atoms with Gasteiger partial charge in [0.1, 0.15) is 6.54 Å². The Morgan fingerprint density at radius 3 is 2.34 bits per heavy atom. The van der Waals surface area contributed by atoms with E-state index in [1.54, 1.807) is 0 Å². The van der Waals surface area contributed by atoms with E-state index >= 15 is 0 Å². The number of piperidine rings is 1. The molecule has 0 spiro atoms. The van der Waals surface area contributed by atoms with Gasteiger partial charge in [0.25, 0.3) is 0 Å². The van der Waals surface area contributed by atoms with Crippen LogP contribution in [-0.4, -0.2) is 84.8 Å². The van der Waals surface area contributed by atoms with Crippen LogP contribution in [0.15, 0.2) is 24.3 Å². The Balaban J connectivity index is 1.62. The van der Waals surface area contributed by atoms with E-state index in [4.69, 9.17) is 5.11 Å². The van der Waals surface area contributed by atoms with Crippen molar-refractivity contribution in [3.63, 3.8) is 0 Å². The Bertz CT molecular complexity index is 787. The molecule has 2 aliphatic heterocycles. The summed E-state index contributed by atoms with van der Waals surface area (Å²) in [6.07, 6.45) is 0.0796. The van der Waals surface area contributed by atoms with Gasteiger partial charge in [0.05, 0.1) is 0 Å². The minimum atomic E-state index is -1.47. The van der Waals surface area contributed by atoms with E-state index in [1.165, 1.54) is 4.90 Å². The third-order valence-corrected chi connectivity index (χ3v) is 5.36. The van der Waals surface area contributed by atoms with Crippen LogP contribution in [0.5, 0.6) is 0 Å². The van der Waals surface area contributed by atoms with E-state index < -0.39 is 36.0 Å². The van der Waals surface area contributed by atoms with E-state index in [-0.39, 0.29) is 13.0 Å². The summed E-state index contributed by atoms with van der Waals surface area (Å²) in [6.45, 7) is 3.90. The predicted molar refractivity (Wildman–Crippen MR) is 105 cm³/mol. The van der Waals surface area contributed by atoms with Crippen molar-refractivity contribution in [2.24, 2.45) is 5.92 Å². The van der Waals surface area contributed by atoms with Crippen LogP contribution in [0.4, 0.5) is 5.69 Å². The van der Waals surface area contributed by atoms with Gasteiger partial charge in [-0.15, -0.1) is 0 Å². The van der Waals surface area contributed by atoms with Gasteiger partial charge in [-0.3, -0.25) is 19.2 Å². The largest absolute Gasteiger partial charge is 0.480 e. The maximum atomic E-state index is 12.7. The normalized spacial score (nSPS) is 20.7. The van der Waals surface area contributed by atoms with Crippen LogP contribution in [0.3, 0.4) is 0 Å². The molecule has 0 saturated carbocycles. The number of aliphatic carboxylic acids is 1. The molecular formula is C20H26N4O5. The Hall–Kier alpha value is -2.94. The van der Waals surface area contributed by atoms with Gasteiger partial charge in [0, 0.05) is 51.4 Å². The highest BCUT2D eigenvalue weighted by molar-refractivity contribution is 6.19. The number of nitrogens with zero attached hydrogens (tertiary/aromatic N) is 3. The van der Waals surface area contributed by atoms with Gasteiger partial charge in [-0.05, 0) is 24.7 Å². The zero-order valence-electron chi connectivity index (χ0n) is 16.5. The second kappa shape index (κ2) is 9.04. The molecule has 2 heterocycles. The molecule has 2 fully saturated rings. The molecule has 0 bridgehead atoms. The first-order valence-corrected chi connectivity index (χ1v) is 9.68. The van der Waals surface area contributed by atoms with Crippen molar-refractivity contribution in [1.29, 1.82) is 0 Å². The van der Waals surface area contributed by atoms with E-state index in [0.29, 0.717) is 6.54 Å². The standard InChI is InChI=1S/C20H26N4O5/c1-22-8-10-23(11-9-22)15-4-2-14(3-5-15)13-24-7-6-16(25)18(20(24)29)19(28)21-12-17(26)27/h2-5,18H,6-13H2,1H3,(H,21,28)(H,26,27). The number of hydrogen-bond acceptors (Lipinski definition) is 6. The number of likely N-dealkylation sites (tertiary alicyclic amines) is 1. The molecular weight excluding hydrogens is 376 g/mol. The maximum absolute atomic E-state index is 12.7. The molecule has 29 heavy (non-hydrogen) atoms. The van der Waals surface area contributed by atoms with Crippen molar-refractivity contribution in [3.8, 4) is 0 Å². The van der Waals surface area contributed by atoms with Crippen molar-refractivity contribution in [2.45, 2.75) is 13.0 Å². The quantitative estimate of drug-likeness (QED) is 0.621. The summed E-state index contributed by atoms with van der Waals surface area (Å²) < 4.78 is 0. The van der Waals surface area contributed by atoms with Crippen molar-refractivity contribution in [2.75, 3.05) is 51.2 Å². The number of carboxylic acids is 1. The van der Waals surface area contributed by atoms with E-state index in [2.05, 4.69) is 22.2 Å². The van der Waals surface area contributed by atoms with E-state index in [9.17, 15) is 19.2 Å². The van der Waals surface area contributed by atoms with Gasteiger partial charge in [-0.1, -0.05) is 12.1 Å². The molecule has 2 saturated heterocycles. The van der Waals surface area contributed by atoms with Gasteiger partial charge in [0.2, 0.25) is 11.8 Å². The molecule has 9 nitrogen and oxygen atoms in total. The van der Waals surface area contributed by atoms with Crippen molar-refractivity contribution < 1.29 is 24.3 Å². The SMILES string of the molecule is CN1CCN(c2ccc(CN3CCC(=O)C(C(=O)NCC(=O)O)C3=O)cc2)CC1. The van der Waals surface area contributed by atoms with Gasteiger partial charge in [0.15, 0.2) is 11.7 Å². The number of rotatable bonds is 6. The molecule has 1 aromatic rings. The van der Waals surface area contributed by atoms with Crippen molar-refractivity contribution in [1.82, 2.24) is 15.1 Å². The maximum Gasteiger partial charge on any atom is 0.322 e. The average Bonchev–Trinajstić information content (AvgIpc) is 2.70. The molecule has 1 unspecified atom stereocenters. The highest BCUT2D eigenvalue weighted by Gasteiger charge is 2.40. The Morgan fingerprint density at radius 1 is 1.07 bits per heavy atom. The number of benzene rings is 1. The number of carbonyl (C=O) groups excluding carboxylic acids is 3. The number of nitrogens with one attached hydrogen (secondary N) is 1. The molecule has 2 N–H and O–H groups in total. The molecule has 0 aromatic heterocycles. The molecule has 1 aromatic carbocycles. The summed E-state index contributed by atoms with van der Waals surface area (Å²) >= 11 is 0. The second-order valence-electron chi connectivity index (χ2n) is 7.48. The monoisotopic (exact) mass is 402 g/mol. The number of amides is 2. The van der Waals surface area contributed by atoms with Crippen LogP contribution in [0, 0.1) is 5.92 Å². The van der Waals surface area contributed by atoms with Gasteiger partial charge >= 0.3 is 5.97 Å². The second-order valence-corrected chi connectivity index (χ2v) is 7.48. The third kappa shape index (κ3) is 5.11. The first-order valence-electron chi connectivity index (χ1n) is 9.68. The molecule has 9 heteroatoms.